The number of nitriles is 2. The molecule has 4 rings (SSSR count). The lowest BCUT2D eigenvalue weighted by atomic mass is 10.0. The third-order valence-electron chi connectivity index (χ3n) is 6.05. The van der Waals surface area contributed by atoms with Crippen molar-refractivity contribution in [2.75, 3.05) is 31.1 Å². The summed E-state index contributed by atoms with van der Waals surface area (Å²) in [5.74, 6) is 0.0498. The van der Waals surface area contributed by atoms with Crippen LogP contribution in [0.5, 0.6) is 0 Å². The molecule has 1 amide bonds. The molecule has 1 aliphatic heterocycles. The van der Waals surface area contributed by atoms with E-state index < -0.39 is 11.2 Å². The second-order valence-electron chi connectivity index (χ2n) is 8.23. The van der Waals surface area contributed by atoms with Gasteiger partial charge in [-0.05, 0) is 17.5 Å². The van der Waals surface area contributed by atoms with E-state index in [-0.39, 0.29) is 0 Å². The van der Waals surface area contributed by atoms with Crippen LogP contribution in [0.15, 0.2) is 47.8 Å². The number of nitrogens with one attached hydrogen (secondary N) is 1. The predicted octanol–water partition coefficient (Wildman–Crippen LogP) is 2.75. The highest BCUT2D eigenvalue weighted by Crippen LogP contribution is 2.39. The van der Waals surface area contributed by atoms with Gasteiger partial charge in [0.05, 0.1) is 17.3 Å². The minimum absolute atomic E-state index is 0.332. The van der Waals surface area contributed by atoms with Crippen molar-refractivity contribution in [1.82, 2.24) is 20.1 Å². The number of amides is 1. The number of piperazine rings is 1. The van der Waals surface area contributed by atoms with Gasteiger partial charge in [-0.2, -0.15) is 15.6 Å². The Kier molecular flexibility index (Phi) is 7.66. The van der Waals surface area contributed by atoms with E-state index >= 15 is 0 Å². The van der Waals surface area contributed by atoms with Crippen LogP contribution in [-0.2, 0) is 17.8 Å². The number of aromatic amines is 1. The molecule has 1 unspecified atom stereocenters. The number of nitrogens with two attached hydrogens (primary N) is 1. The Morgan fingerprint density at radius 2 is 1.89 bits per heavy atom. The van der Waals surface area contributed by atoms with Crippen LogP contribution in [0.4, 0.5) is 5.82 Å². The van der Waals surface area contributed by atoms with Crippen LogP contribution in [0.3, 0.4) is 0 Å². The number of aromatic nitrogens is 3. The van der Waals surface area contributed by atoms with Gasteiger partial charge in [0.2, 0.25) is 5.91 Å². The molecule has 3 N–H and O–H groups in total. The zero-order valence-corrected chi connectivity index (χ0v) is 20.3. The van der Waals surface area contributed by atoms with Gasteiger partial charge in [-0.1, -0.05) is 49.0 Å². The first-order chi connectivity index (χ1) is 17.0. The van der Waals surface area contributed by atoms with E-state index in [4.69, 9.17) is 10.7 Å². The monoisotopic (exact) mass is 486 g/mol. The fourth-order valence-corrected chi connectivity index (χ4v) is 5.33. The number of rotatable bonds is 8. The summed E-state index contributed by atoms with van der Waals surface area (Å²) in [6.07, 6.45) is 4.21. The topological polar surface area (TPSA) is 139 Å². The summed E-state index contributed by atoms with van der Waals surface area (Å²) < 4.78 is 0. The van der Waals surface area contributed by atoms with E-state index in [0.717, 1.165) is 30.8 Å². The van der Waals surface area contributed by atoms with E-state index in [0.29, 0.717) is 47.0 Å². The Hall–Kier alpha value is -3.86. The molecule has 0 saturated carbocycles. The smallest absolute Gasteiger partial charge is 0.235 e. The van der Waals surface area contributed by atoms with Crippen LogP contribution in [0.25, 0.3) is 0 Å². The van der Waals surface area contributed by atoms with Gasteiger partial charge in [-0.3, -0.25) is 14.8 Å². The molecule has 178 valence electrons. The number of anilines is 1. The number of pyridine rings is 1. The van der Waals surface area contributed by atoms with E-state index in [2.05, 4.69) is 32.1 Å². The third kappa shape index (κ3) is 5.29. The molecule has 35 heavy (non-hydrogen) atoms. The van der Waals surface area contributed by atoms with Gasteiger partial charge >= 0.3 is 0 Å². The number of hydrogen-bond acceptors (Lipinski definition) is 8. The standard InChI is InChI=1S/C25H26N8OS/c1-2-19-20(12-26)24(33-10-8-32(9-11-33)16-17-14-29-30-15-17)31-25(21(19)13-27)35-22(23(28)34)18-6-4-3-5-7-18/h3-7,14-15,22H,2,8-11,16H2,1H3,(H2,28,34)(H,29,30). The van der Waals surface area contributed by atoms with Gasteiger partial charge in [-0.25, -0.2) is 4.98 Å². The van der Waals surface area contributed by atoms with Crippen LogP contribution < -0.4 is 10.6 Å². The fourth-order valence-electron chi connectivity index (χ4n) is 4.27. The van der Waals surface area contributed by atoms with E-state index in [1.807, 2.05) is 49.6 Å². The summed E-state index contributed by atoms with van der Waals surface area (Å²) >= 11 is 1.17. The summed E-state index contributed by atoms with van der Waals surface area (Å²) in [5, 5.41) is 26.6. The highest BCUT2D eigenvalue weighted by molar-refractivity contribution is 8.00. The maximum Gasteiger partial charge on any atom is 0.235 e. The van der Waals surface area contributed by atoms with Crippen LogP contribution in [0, 0.1) is 22.7 Å². The summed E-state index contributed by atoms with van der Waals surface area (Å²) in [6.45, 7) is 5.70. The second kappa shape index (κ2) is 11.0. The van der Waals surface area contributed by atoms with Gasteiger partial charge in [0, 0.05) is 44.5 Å². The molecule has 2 aromatic heterocycles. The van der Waals surface area contributed by atoms with Crippen molar-refractivity contribution in [2.45, 2.75) is 30.2 Å². The zero-order chi connectivity index (χ0) is 24.8. The molecular weight excluding hydrogens is 460 g/mol. The van der Waals surface area contributed by atoms with E-state index in [9.17, 15) is 15.3 Å². The molecule has 1 saturated heterocycles. The molecule has 0 aliphatic carbocycles. The van der Waals surface area contributed by atoms with Crippen LogP contribution in [0.1, 0.15) is 40.0 Å². The van der Waals surface area contributed by atoms with Crippen molar-refractivity contribution < 1.29 is 4.79 Å². The minimum atomic E-state index is -0.701. The molecule has 3 heterocycles. The number of carbonyl (C=O) groups excluding carboxylic acids is 1. The minimum Gasteiger partial charge on any atom is -0.368 e. The molecule has 0 bridgehead atoms. The Morgan fingerprint density at radius 1 is 1.17 bits per heavy atom. The van der Waals surface area contributed by atoms with Crippen molar-refractivity contribution >= 4 is 23.5 Å². The van der Waals surface area contributed by atoms with Crippen molar-refractivity contribution in [3.8, 4) is 12.1 Å². The average molecular weight is 487 g/mol. The van der Waals surface area contributed by atoms with E-state index in [1.165, 1.54) is 11.8 Å². The molecule has 0 radical (unpaired) electrons. The summed E-state index contributed by atoms with van der Waals surface area (Å²) in [6, 6.07) is 13.7. The Morgan fingerprint density at radius 3 is 2.46 bits per heavy atom. The maximum absolute atomic E-state index is 12.4. The molecule has 1 aliphatic rings. The Balaban J connectivity index is 1.66. The highest BCUT2D eigenvalue weighted by Gasteiger charge is 2.28. The average Bonchev–Trinajstić information content (AvgIpc) is 3.40. The number of thioether (sulfide) groups is 1. The Labute approximate surface area is 208 Å². The Bertz CT molecular complexity index is 1260. The lowest BCUT2D eigenvalue weighted by molar-refractivity contribution is -0.117. The number of carbonyl (C=O) groups is 1. The quantitative estimate of drug-likeness (QED) is 0.464. The molecule has 9 nitrogen and oxygen atoms in total. The summed E-state index contributed by atoms with van der Waals surface area (Å²) in [7, 11) is 0. The largest absolute Gasteiger partial charge is 0.368 e. The van der Waals surface area contributed by atoms with Crippen molar-refractivity contribution in [3.05, 3.63) is 70.5 Å². The first kappa shape index (κ1) is 24.3. The summed E-state index contributed by atoms with van der Waals surface area (Å²) in [5.41, 5.74) is 9.01. The summed E-state index contributed by atoms with van der Waals surface area (Å²) in [4.78, 5) is 21.6. The van der Waals surface area contributed by atoms with Crippen molar-refractivity contribution in [2.24, 2.45) is 5.73 Å². The van der Waals surface area contributed by atoms with Gasteiger partial charge in [-0.15, -0.1) is 0 Å². The van der Waals surface area contributed by atoms with E-state index in [1.54, 1.807) is 0 Å². The third-order valence-corrected chi connectivity index (χ3v) is 7.31. The molecular formula is C25H26N8OS. The molecule has 1 atom stereocenters. The maximum atomic E-state index is 12.4. The lowest BCUT2D eigenvalue weighted by Crippen LogP contribution is -2.46. The number of benzene rings is 1. The second-order valence-corrected chi connectivity index (χ2v) is 9.32. The predicted molar refractivity (Wildman–Crippen MR) is 133 cm³/mol. The lowest BCUT2D eigenvalue weighted by Gasteiger charge is -2.36. The molecule has 3 aromatic rings. The first-order valence-electron chi connectivity index (χ1n) is 11.4. The number of nitrogens with zero attached hydrogens (tertiary/aromatic N) is 6. The first-order valence-corrected chi connectivity index (χ1v) is 12.3. The van der Waals surface area contributed by atoms with Gasteiger partial charge in [0.1, 0.15) is 28.2 Å². The van der Waals surface area contributed by atoms with Gasteiger partial charge in [0.25, 0.3) is 0 Å². The van der Waals surface area contributed by atoms with Gasteiger partial charge < -0.3 is 10.6 Å². The van der Waals surface area contributed by atoms with Crippen LogP contribution >= 0.6 is 11.8 Å². The molecule has 1 aromatic carbocycles. The normalized spacial score (nSPS) is 14.8. The number of hydrogen-bond donors (Lipinski definition) is 2. The molecule has 10 heteroatoms. The fraction of sp³-hybridized carbons (Fsp3) is 0.320. The SMILES string of the molecule is CCc1c(C#N)c(SC(C(N)=O)c2ccccc2)nc(N2CCN(Cc3cn[nH]c3)CC2)c1C#N. The zero-order valence-electron chi connectivity index (χ0n) is 19.4. The van der Waals surface area contributed by atoms with Crippen molar-refractivity contribution in [3.63, 3.8) is 0 Å². The molecule has 0 spiro atoms. The van der Waals surface area contributed by atoms with Gasteiger partial charge in [0.15, 0.2) is 0 Å². The van der Waals surface area contributed by atoms with Crippen LogP contribution in [-0.4, -0.2) is 52.2 Å². The van der Waals surface area contributed by atoms with Crippen LogP contribution in [0.2, 0.25) is 0 Å². The van der Waals surface area contributed by atoms with Crippen molar-refractivity contribution in [1.29, 1.82) is 10.5 Å². The highest BCUT2D eigenvalue weighted by atomic mass is 32.2. The number of primary amides is 1. The number of H-pyrrole nitrogens is 1. The molecule has 1 fully saturated rings.